The van der Waals surface area contributed by atoms with Gasteiger partial charge in [-0.1, -0.05) is 12.8 Å². The minimum absolute atomic E-state index is 0.0278. The molecule has 5 nitrogen and oxygen atoms in total. The van der Waals surface area contributed by atoms with Crippen LogP contribution < -0.4 is 4.74 Å². The standard InChI is InChI=1S/C20H30N2O3/c1-14(2)25-15-9-10-17(21-13-15)19(23)22-12-6-8-18(22)16-7-4-5-11-20(16,3)24/h9-10,13-14,16,18,24H,4-8,11-12H2,1-3H3/t16-,18+,20-/m0/s1. The van der Waals surface area contributed by atoms with E-state index in [1.807, 2.05) is 31.7 Å². The number of aliphatic hydroxyl groups is 1. The van der Waals surface area contributed by atoms with E-state index in [0.717, 1.165) is 45.1 Å². The number of ether oxygens (including phenoxy) is 1. The molecule has 2 fully saturated rings. The van der Waals surface area contributed by atoms with Gasteiger partial charge in [-0.2, -0.15) is 0 Å². The van der Waals surface area contributed by atoms with Crippen molar-refractivity contribution in [3.63, 3.8) is 0 Å². The van der Waals surface area contributed by atoms with E-state index in [2.05, 4.69) is 4.98 Å². The molecule has 1 aromatic heterocycles. The lowest BCUT2D eigenvalue weighted by molar-refractivity contribution is -0.0578. The number of carbonyl (C=O) groups is 1. The van der Waals surface area contributed by atoms with Crippen LogP contribution in [0, 0.1) is 5.92 Å². The zero-order valence-corrected chi connectivity index (χ0v) is 15.6. The van der Waals surface area contributed by atoms with Gasteiger partial charge < -0.3 is 14.7 Å². The van der Waals surface area contributed by atoms with Crippen molar-refractivity contribution in [3.8, 4) is 5.75 Å². The summed E-state index contributed by atoms with van der Waals surface area (Å²) in [5.41, 5.74) is -0.216. The van der Waals surface area contributed by atoms with Crippen LogP contribution in [0.15, 0.2) is 18.3 Å². The second-order valence-electron chi connectivity index (χ2n) is 7.96. The quantitative estimate of drug-likeness (QED) is 0.907. The van der Waals surface area contributed by atoms with Crippen molar-refractivity contribution in [2.45, 2.75) is 77.0 Å². The fourth-order valence-electron chi connectivity index (χ4n) is 4.41. The number of hydrogen-bond donors (Lipinski definition) is 1. The summed E-state index contributed by atoms with van der Waals surface area (Å²) in [6.07, 6.45) is 7.71. The fourth-order valence-corrected chi connectivity index (χ4v) is 4.41. The van der Waals surface area contributed by atoms with Gasteiger partial charge in [-0.25, -0.2) is 4.98 Å². The summed E-state index contributed by atoms with van der Waals surface area (Å²) >= 11 is 0. The van der Waals surface area contributed by atoms with Crippen molar-refractivity contribution in [2.24, 2.45) is 5.92 Å². The first-order chi connectivity index (χ1) is 11.9. The Bertz CT molecular complexity index is 597. The molecular formula is C20H30N2O3. The number of aromatic nitrogens is 1. The van der Waals surface area contributed by atoms with Crippen molar-refractivity contribution in [2.75, 3.05) is 6.54 Å². The molecule has 1 amide bonds. The molecule has 1 aromatic rings. The number of likely N-dealkylation sites (tertiary alicyclic amines) is 1. The van der Waals surface area contributed by atoms with Crippen LogP contribution in [0.5, 0.6) is 5.75 Å². The maximum absolute atomic E-state index is 13.0. The average molecular weight is 346 g/mol. The molecule has 0 bridgehead atoms. The molecule has 1 saturated heterocycles. The molecule has 5 heteroatoms. The molecule has 0 spiro atoms. The molecule has 1 saturated carbocycles. The summed E-state index contributed by atoms with van der Waals surface area (Å²) in [6.45, 7) is 6.62. The highest BCUT2D eigenvalue weighted by Gasteiger charge is 2.44. The van der Waals surface area contributed by atoms with Gasteiger partial charge in [-0.15, -0.1) is 0 Å². The minimum Gasteiger partial charge on any atom is -0.489 e. The molecule has 3 atom stereocenters. The van der Waals surface area contributed by atoms with Gasteiger partial charge in [0.25, 0.3) is 5.91 Å². The summed E-state index contributed by atoms with van der Waals surface area (Å²) in [6, 6.07) is 3.67. The van der Waals surface area contributed by atoms with Crippen LogP contribution in [0.25, 0.3) is 0 Å². The number of rotatable bonds is 4. The predicted molar refractivity (Wildman–Crippen MR) is 96.6 cm³/mol. The van der Waals surface area contributed by atoms with Crippen LogP contribution in [-0.4, -0.2) is 45.2 Å². The molecule has 1 aliphatic heterocycles. The maximum Gasteiger partial charge on any atom is 0.272 e. The number of nitrogens with zero attached hydrogens (tertiary/aromatic N) is 2. The Hall–Kier alpha value is -1.62. The smallest absolute Gasteiger partial charge is 0.272 e. The van der Waals surface area contributed by atoms with Crippen LogP contribution in [0.3, 0.4) is 0 Å². The summed E-state index contributed by atoms with van der Waals surface area (Å²) in [5.74, 6) is 0.816. The SMILES string of the molecule is CC(C)Oc1ccc(C(=O)N2CCC[C@@H]2[C@@H]2CCCC[C@]2(C)O)nc1. The first kappa shape index (κ1) is 18.2. The lowest BCUT2D eigenvalue weighted by Gasteiger charge is -2.43. The van der Waals surface area contributed by atoms with E-state index in [0.29, 0.717) is 11.4 Å². The monoisotopic (exact) mass is 346 g/mol. The largest absolute Gasteiger partial charge is 0.489 e. The molecule has 25 heavy (non-hydrogen) atoms. The first-order valence-corrected chi connectivity index (χ1v) is 9.54. The van der Waals surface area contributed by atoms with Crippen molar-refractivity contribution in [3.05, 3.63) is 24.0 Å². The van der Waals surface area contributed by atoms with Crippen LogP contribution in [0.1, 0.15) is 69.8 Å². The number of hydrogen-bond acceptors (Lipinski definition) is 4. The number of carbonyl (C=O) groups excluding carboxylic acids is 1. The molecule has 1 aliphatic carbocycles. The van der Waals surface area contributed by atoms with E-state index in [-0.39, 0.29) is 24.0 Å². The van der Waals surface area contributed by atoms with E-state index in [1.165, 1.54) is 0 Å². The molecule has 0 radical (unpaired) electrons. The van der Waals surface area contributed by atoms with Crippen LogP contribution in [0.4, 0.5) is 0 Å². The Balaban J connectivity index is 1.74. The second-order valence-corrected chi connectivity index (χ2v) is 7.96. The summed E-state index contributed by atoms with van der Waals surface area (Å²) in [5, 5.41) is 10.8. The van der Waals surface area contributed by atoms with E-state index < -0.39 is 5.60 Å². The third-order valence-corrected chi connectivity index (χ3v) is 5.60. The molecule has 1 N–H and O–H groups in total. The number of amides is 1. The zero-order valence-electron chi connectivity index (χ0n) is 15.6. The highest BCUT2D eigenvalue weighted by molar-refractivity contribution is 5.92. The highest BCUT2D eigenvalue weighted by atomic mass is 16.5. The molecule has 138 valence electrons. The normalized spacial score (nSPS) is 29.9. The number of pyridine rings is 1. The topological polar surface area (TPSA) is 62.7 Å². The third-order valence-electron chi connectivity index (χ3n) is 5.60. The van der Waals surface area contributed by atoms with Gasteiger partial charge in [0.1, 0.15) is 11.4 Å². The lowest BCUT2D eigenvalue weighted by Crippen LogP contribution is -2.50. The molecule has 2 aliphatic rings. The van der Waals surface area contributed by atoms with Gasteiger partial charge >= 0.3 is 0 Å². The van der Waals surface area contributed by atoms with Gasteiger partial charge in [0.15, 0.2) is 0 Å². The van der Waals surface area contributed by atoms with Crippen LogP contribution in [0.2, 0.25) is 0 Å². The lowest BCUT2D eigenvalue weighted by atomic mass is 9.72. The summed E-state index contributed by atoms with van der Waals surface area (Å²) < 4.78 is 5.60. The Labute approximate surface area is 150 Å². The Morgan fingerprint density at radius 2 is 2.12 bits per heavy atom. The van der Waals surface area contributed by atoms with Gasteiger partial charge in [0, 0.05) is 18.5 Å². The molecule has 0 aromatic carbocycles. The van der Waals surface area contributed by atoms with Gasteiger partial charge in [-0.05, 0) is 58.6 Å². The average Bonchev–Trinajstić information content (AvgIpc) is 3.03. The van der Waals surface area contributed by atoms with E-state index in [1.54, 1.807) is 12.3 Å². The summed E-state index contributed by atoms with van der Waals surface area (Å²) in [7, 11) is 0. The zero-order chi connectivity index (χ0) is 18.0. The predicted octanol–water partition coefficient (Wildman–Crippen LogP) is 3.41. The first-order valence-electron chi connectivity index (χ1n) is 9.54. The molecule has 3 rings (SSSR count). The molecule has 0 unspecified atom stereocenters. The molecule has 2 heterocycles. The van der Waals surface area contributed by atoms with Crippen LogP contribution >= 0.6 is 0 Å². The third kappa shape index (κ3) is 3.97. The van der Waals surface area contributed by atoms with E-state index >= 15 is 0 Å². The fraction of sp³-hybridized carbons (Fsp3) is 0.700. The second kappa shape index (κ2) is 7.32. The van der Waals surface area contributed by atoms with Crippen molar-refractivity contribution >= 4 is 5.91 Å². The highest BCUT2D eigenvalue weighted by Crippen LogP contribution is 2.41. The Morgan fingerprint density at radius 1 is 1.32 bits per heavy atom. The van der Waals surface area contributed by atoms with E-state index in [9.17, 15) is 9.90 Å². The summed E-state index contributed by atoms with van der Waals surface area (Å²) in [4.78, 5) is 19.2. The Morgan fingerprint density at radius 3 is 2.76 bits per heavy atom. The van der Waals surface area contributed by atoms with Gasteiger partial charge in [0.2, 0.25) is 0 Å². The Kier molecular flexibility index (Phi) is 5.32. The van der Waals surface area contributed by atoms with Crippen molar-refractivity contribution < 1.29 is 14.6 Å². The van der Waals surface area contributed by atoms with Crippen LogP contribution in [-0.2, 0) is 0 Å². The van der Waals surface area contributed by atoms with E-state index in [4.69, 9.17) is 4.74 Å². The van der Waals surface area contributed by atoms with Crippen molar-refractivity contribution in [1.29, 1.82) is 0 Å². The van der Waals surface area contributed by atoms with Crippen molar-refractivity contribution in [1.82, 2.24) is 9.88 Å². The van der Waals surface area contributed by atoms with Gasteiger partial charge in [-0.3, -0.25) is 4.79 Å². The maximum atomic E-state index is 13.0. The van der Waals surface area contributed by atoms with Gasteiger partial charge in [0.05, 0.1) is 17.9 Å². The molecular weight excluding hydrogens is 316 g/mol. The minimum atomic E-state index is -0.672.